The summed E-state index contributed by atoms with van der Waals surface area (Å²) in [6, 6.07) is 12.0. The largest absolute Gasteiger partial charge is 0.497 e. The number of nitrogens with zero attached hydrogens (tertiary/aromatic N) is 2. The van der Waals surface area contributed by atoms with Crippen molar-refractivity contribution in [3.8, 4) is 11.5 Å². The van der Waals surface area contributed by atoms with E-state index in [9.17, 15) is 13.2 Å². The lowest BCUT2D eigenvalue weighted by Gasteiger charge is -2.26. The third-order valence-corrected chi connectivity index (χ3v) is 6.03. The average Bonchev–Trinajstić information content (AvgIpc) is 2.73. The lowest BCUT2D eigenvalue weighted by molar-refractivity contribution is -0.113. The van der Waals surface area contributed by atoms with E-state index in [2.05, 4.69) is 9.71 Å². The van der Waals surface area contributed by atoms with Gasteiger partial charge in [0, 0.05) is 17.8 Å². The highest BCUT2D eigenvalue weighted by atomic mass is 32.2. The maximum atomic E-state index is 12.9. The summed E-state index contributed by atoms with van der Waals surface area (Å²) in [7, 11) is -0.947. The van der Waals surface area contributed by atoms with Crippen LogP contribution in [0.1, 0.15) is 18.1 Å². The zero-order valence-corrected chi connectivity index (χ0v) is 18.0. The van der Waals surface area contributed by atoms with Gasteiger partial charge in [0.05, 0.1) is 19.9 Å². The molecule has 1 aliphatic heterocycles. The van der Waals surface area contributed by atoms with Crippen LogP contribution in [0.4, 0.5) is 5.69 Å². The zero-order valence-electron chi connectivity index (χ0n) is 17.2. The molecule has 158 valence electrons. The molecule has 0 atom stereocenters. The molecule has 0 spiro atoms. The minimum atomic E-state index is -4.06. The van der Waals surface area contributed by atoms with E-state index >= 15 is 0 Å². The lowest BCUT2D eigenvalue weighted by Crippen LogP contribution is -2.38. The topological polar surface area (TPSA) is 97.3 Å². The SMILES string of the molecule is CCN1C(C(=O)Nc2ccc(OC)cc2)=CC(c2ccc(OC)c(C)c2)=NS1(=O)=O. The second-order valence-corrected chi connectivity index (χ2v) is 8.03. The van der Waals surface area contributed by atoms with Gasteiger partial charge >= 0.3 is 10.2 Å². The first-order valence-electron chi connectivity index (χ1n) is 9.23. The Morgan fingerprint density at radius 2 is 1.80 bits per heavy atom. The lowest BCUT2D eigenvalue weighted by atomic mass is 10.1. The second-order valence-electron chi connectivity index (χ2n) is 6.52. The molecule has 3 rings (SSSR count). The molecule has 9 heteroatoms. The van der Waals surface area contributed by atoms with Crippen LogP contribution in [0, 0.1) is 6.92 Å². The predicted molar refractivity (Wildman–Crippen MR) is 115 cm³/mol. The number of aryl methyl sites for hydroxylation is 1. The Balaban J connectivity index is 1.98. The number of hydrogen-bond acceptors (Lipinski definition) is 5. The minimum Gasteiger partial charge on any atom is -0.497 e. The van der Waals surface area contributed by atoms with E-state index in [0.29, 0.717) is 22.7 Å². The molecule has 0 unspecified atom stereocenters. The van der Waals surface area contributed by atoms with Crippen molar-refractivity contribution in [3.63, 3.8) is 0 Å². The Bertz CT molecular complexity index is 1120. The number of anilines is 1. The van der Waals surface area contributed by atoms with Crippen molar-refractivity contribution >= 4 is 27.5 Å². The van der Waals surface area contributed by atoms with Crippen molar-refractivity contribution in [1.29, 1.82) is 0 Å². The van der Waals surface area contributed by atoms with Gasteiger partial charge in [-0.15, -0.1) is 4.40 Å². The number of amides is 1. The van der Waals surface area contributed by atoms with Crippen LogP contribution in [0.2, 0.25) is 0 Å². The standard InChI is InChI=1S/C21H23N3O5S/c1-5-24-19(21(25)22-16-7-9-17(28-3)10-8-16)13-18(23-30(24,26)27)15-6-11-20(29-4)14(2)12-15/h6-13H,5H2,1-4H3,(H,22,25). The van der Waals surface area contributed by atoms with Crippen molar-refractivity contribution in [1.82, 2.24) is 4.31 Å². The van der Waals surface area contributed by atoms with Crippen molar-refractivity contribution in [2.24, 2.45) is 4.40 Å². The molecule has 1 amide bonds. The fraction of sp³-hybridized carbons (Fsp3) is 0.238. The van der Waals surface area contributed by atoms with E-state index in [4.69, 9.17) is 9.47 Å². The first kappa shape index (κ1) is 21.4. The molecule has 2 aromatic carbocycles. The minimum absolute atomic E-state index is 0.00760. The number of benzene rings is 2. The summed E-state index contributed by atoms with van der Waals surface area (Å²) in [5, 5.41) is 2.72. The maximum absolute atomic E-state index is 12.9. The number of ether oxygens (including phenoxy) is 2. The molecule has 0 radical (unpaired) electrons. The molecule has 0 fully saturated rings. The number of carbonyl (C=O) groups is 1. The van der Waals surface area contributed by atoms with Crippen LogP contribution in [0.3, 0.4) is 0 Å². The average molecular weight is 429 g/mol. The number of carbonyl (C=O) groups excluding carboxylic acids is 1. The van der Waals surface area contributed by atoms with E-state index in [-0.39, 0.29) is 18.0 Å². The Morgan fingerprint density at radius 3 is 2.37 bits per heavy atom. The summed E-state index contributed by atoms with van der Waals surface area (Å²) < 4.78 is 40.7. The van der Waals surface area contributed by atoms with Gasteiger partial charge in [-0.2, -0.15) is 8.42 Å². The maximum Gasteiger partial charge on any atom is 0.345 e. The highest BCUT2D eigenvalue weighted by molar-refractivity contribution is 7.88. The fourth-order valence-electron chi connectivity index (χ4n) is 3.08. The van der Waals surface area contributed by atoms with E-state index in [1.54, 1.807) is 63.6 Å². The second kappa shape index (κ2) is 8.58. The fourth-order valence-corrected chi connectivity index (χ4v) is 4.30. The van der Waals surface area contributed by atoms with Gasteiger partial charge in [-0.1, -0.05) is 0 Å². The Hall–Kier alpha value is -3.33. The summed E-state index contributed by atoms with van der Waals surface area (Å²) in [5.74, 6) is 0.768. The van der Waals surface area contributed by atoms with E-state index in [1.807, 2.05) is 6.92 Å². The zero-order chi connectivity index (χ0) is 21.9. The van der Waals surface area contributed by atoms with Gasteiger partial charge in [-0.05, 0) is 68.0 Å². The molecule has 0 aromatic heterocycles. The Labute approximate surface area is 176 Å². The van der Waals surface area contributed by atoms with Crippen LogP contribution in [-0.2, 0) is 15.0 Å². The predicted octanol–water partition coefficient (Wildman–Crippen LogP) is 2.90. The van der Waals surface area contributed by atoms with E-state index in [1.165, 1.54) is 6.08 Å². The smallest absolute Gasteiger partial charge is 0.345 e. The highest BCUT2D eigenvalue weighted by Crippen LogP contribution is 2.25. The van der Waals surface area contributed by atoms with Gasteiger partial charge in [-0.3, -0.25) is 4.79 Å². The highest BCUT2D eigenvalue weighted by Gasteiger charge is 2.32. The number of likely N-dealkylation sites (N-methyl/N-ethyl adjacent to an activating group) is 1. The monoisotopic (exact) mass is 429 g/mol. The van der Waals surface area contributed by atoms with Crippen molar-refractivity contribution in [2.75, 3.05) is 26.1 Å². The molecule has 1 N–H and O–H groups in total. The first-order valence-corrected chi connectivity index (χ1v) is 10.6. The van der Waals surface area contributed by atoms with Gasteiger partial charge in [0.15, 0.2) is 0 Å². The molecular weight excluding hydrogens is 406 g/mol. The molecule has 0 saturated heterocycles. The van der Waals surface area contributed by atoms with Gasteiger partial charge in [0.1, 0.15) is 17.2 Å². The Morgan fingerprint density at radius 1 is 1.10 bits per heavy atom. The summed E-state index contributed by atoms with van der Waals surface area (Å²) in [6.07, 6.45) is 1.48. The normalized spacial score (nSPS) is 15.1. The van der Waals surface area contributed by atoms with Crippen LogP contribution >= 0.6 is 0 Å². The van der Waals surface area contributed by atoms with Crippen molar-refractivity contribution in [2.45, 2.75) is 13.8 Å². The number of rotatable bonds is 6. The molecular formula is C21H23N3O5S. The van der Waals surface area contributed by atoms with Gasteiger partial charge in [-0.25, -0.2) is 4.31 Å². The number of hydrogen-bond donors (Lipinski definition) is 1. The first-order chi connectivity index (χ1) is 14.3. The molecule has 0 aliphatic carbocycles. The van der Waals surface area contributed by atoms with E-state index < -0.39 is 16.1 Å². The quantitative estimate of drug-likeness (QED) is 0.762. The third kappa shape index (κ3) is 4.30. The summed E-state index contributed by atoms with van der Waals surface area (Å²) in [6.45, 7) is 3.56. The molecule has 1 aliphatic rings. The van der Waals surface area contributed by atoms with Crippen LogP contribution in [0.5, 0.6) is 11.5 Å². The van der Waals surface area contributed by atoms with Crippen LogP contribution in [-0.4, -0.2) is 45.1 Å². The number of nitrogens with one attached hydrogen (secondary N) is 1. The molecule has 2 aromatic rings. The van der Waals surface area contributed by atoms with Crippen LogP contribution in [0.15, 0.2) is 58.6 Å². The van der Waals surface area contributed by atoms with Crippen LogP contribution in [0.25, 0.3) is 0 Å². The third-order valence-electron chi connectivity index (χ3n) is 4.59. The number of methoxy groups -OCH3 is 2. The van der Waals surface area contributed by atoms with Gasteiger partial charge in [0.2, 0.25) is 0 Å². The molecule has 0 bridgehead atoms. The van der Waals surface area contributed by atoms with Gasteiger partial charge in [0.25, 0.3) is 5.91 Å². The molecule has 30 heavy (non-hydrogen) atoms. The summed E-state index contributed by atoms with van der Waals surface area (Å²) in [5.41, 5.74) is 2.09. The van der Waals surface area contributed by atoms with Gasteiger partial charge < -0.3 is 14.8 Å². The molecule has 1 heterocycles. The summed E-state index contributed by atoms with van der Waals surface area (Å²) in [4.78, 5) is 12.9. The summed E-state index contributed by atoms with van der Waals surface area (Å²) >= 11 is 0. The Kier molecular flexibility index (Phi) is 6.12. The van der Waals surface area contributed by atoms with E-state index in [0.717, 1.165) is 9.87 Å². The van der Waals surface area contributed by atoms with Crippen LogP contribution < -0.4 is 14.8 Å². The van der Waals surface area contributed by atoms with Crippen molar-refractivity contribution in [3.05, 3.63) is 65.4 Å². The molecule has 0 saturated carbocycles. The van der Waals surface area contributed by atoms with Crippen molar-refractivity contribution < 1.29 is 22.7 Å². The molecule has 8 nitrogen and oxygen atoms in total. The number of allylic oxidation sites excluding steroid dienone is 1.